The van der Waals surface area contributed by atoms with Gasteiger partial charge in [-0.2, -0.15) is 28.8 Å². The molecule has 0 aliphatic carbocycles. The molecule has 2 N–H and O–H groups in total. The number of nitrogens with zero attached hydrogens (tertiary/aromatic N) is 4. The van der Waals surface area contributed by atoms with Crippen molar-refractivity contribution in [1.29, 1.82) is 0 Å². The highest BCUT2D eigenvalue weighted by Gasteiger charge is 2.40. The lowest BCUT2D eigenvalue weighted by Crippen LogP contribution is -2.32. The topological polar surface area (TPSA) is 149 Å². The van der Waals surface area contributed by atoms with Crippen molar-refractivity contribution < 1.29 is 27.7 Å². The molecule has 1 heterocycles. The smallest absolute Gasteiger partial charge is 0.355 e. The lowest BCUT2D eigenvalue weighted by atomic mass is 10.2. The third kappa shape index (κ3) is 3.88. The molecule has 0 spiro atoms. The molecular formula is C16H12N4O6S. The minimum absolute atomic E-state index is 0.165. The van der Waals surface area contributed by atoms with Gasteiger partial charge in [0.1, 0.15) is 0 Å². The summed E-state index contributed by atoms with van der Waals surface area (Å²) in [5, 5.41) is 21.6. The average molecular weight is 388 g/mol. The van der Waals surface area contributed by atoms with Crippen LogP contribution < -0.4 is 5.01 Å². The Bertz CT molecular complexity index is 1050. The summed E-state index contributed by atoms with van der Waals surface area (Å²) >= 11 is 0. The molecule has 0 radical (unpaired) electrons. The molecule has 0 fully saturated rings. The zero-order chi connectivity index (χ0) is 19.6. The molecule has 3 rings (SSSR count). The van der Waals surface area contributed by atoms with Crippen LogP contribution in [0, 0.1) is 0 Å². The van der Waals surface area contributed by atoms with Gasteiger partial charge in [0.25, 0.3) is 16.0 Å². The van der Waals surface area contributed by atoms with E-state index in [4.69, 9.17) is 4.55 Å². The fourth-order valence-corrected chi connectivity index (χ4v) is 2.75. The number of hydrogen-bond donors (Lipinski definition) is 2. The fourth-order valence-electron chi connectivity index (χ4n) is 2.27. The van der Waals surface area contributed by atoms with Gasteiger partial charge in [0.05, 0.1) is 16.3 Å². The Morgan fingerprint density at radius 2 is 1.70 bits per heavy atom. The van der Waals surface area contributed by atoms with Crippen molar-refractivity contribution >= 4 is 39.1 Å². The highest BCUT2D eigenvalue weighted by molar-refractivity contribution is 7.85. The number of anilines is 1. The molecule has 27 heavy (non-hydrogen) atoms. The molecule has 138 valence electrons. The summed E-state index contributed by atoms with van der Waals surface area (Å²) in [6.45, 7) is 0. The van der Waals surface area contributed by atoms with Crippen molar-refractivity contribution in [3.63, 3.8) is 0 Å². The quantitative estimate of drug-likeness (QED) is 0.590. The Balaban J connectivity index is 1.87. The van der Waals surface area contributed by atoms with Gasteiger partial charge >= 0.3 is 5.97 Å². The van der Waals surface area contributed by atoms with Crippen LogP contribution in [0.15, 0.2) is 74.8 Å². The van der Waals surface area contributed by atoms with E-state index in [1.165, 1.54) is 12.1 Å². The van der Waals surface area contributed by atoms with E-state index >= 15 is 0 Å². The lowest BCUT2D eigenvalue weighted by molar-refractivity contribution is -0.130. The number of aliphatic carboxylic acids is 1. The molecule has 0 aromatic heterocycles. The van der Waals surface area contributed by atoms with E-state index < -0.39 is 33.7 Å². The second-order valence-electron chi connectivity index (χ2n) is 5.36. The molecule has 10 nitrogen and oxygen atoms in total. The monoisotopic (exact) mass is 388 g/mol. The van der Waals surface area contributed by atoms with E-state index in [1.807, 2.05) is 0 Å². The number of carbonyl (C=O) groups excluding carboxylic acids is 1. The summed E-state index contributed by atoms with van der Waals surface area (Å²) in [7, 11) is -4.35. The third-order valence-electron chi connectivity index (χ3n) is 3.55. The number of rotatable bonds is 5. The van der Waals surface area contributed by atoms with Gasteiger partial charge in [-0.15, -0.1) is 0 Å². The van der Waals surface area contributed by atoms with Gasteiger partial charge in [-0.25, -0.2) is 4.79 Å². The number of carboxylic acids is 1. The lowest BCUT2D eigenvalue weighted by Gasteiger charge is -2.11. The Morgan fingerprint density at radius 3 is 2.26 bits per heavy atom. The number of benzene rings is 2. The van der Waals surface area contributed by atoms with Gasteiger partial charge in [0, 0.05) is 0 Å². The van der Waals surface area contributed by atoms with Crippen LogP contribution in [0.5, 0.6) is 0 Å². The highest BCUT2D eigenvalue weighted by atomic mass is 32.2. The van der Waals surface area contributed by atoms with Crippen LogP contribution >= 0.6 is 0 Å². The first-order valence-corrected chi connectivity index (χ1v) is 8.90. The van der Waals surface area contributed by atoms with E-state index in [9.17, 15) is 23.1 Å². The largest absolute Gasteiger partial charge is 0.477 e. The molecule has 1 atom stereocenters. The second-order valence-corrected chi connectivity index (χ2v) is 6.78. The molecule has 1 aliphatic rings. The molecule has 1 unspecified atom stereocenters. The zero-order valence-electron chi connectivity index (χ0n) is 13.5. The van der Waals surface area contributed by atoms with Crippen LogP contribution in [-0.2, 0) is 19.7 Å². The number of hydrazone groups is 1. The van der Waals surface area contributed by atoms with Crippen molar-refractivity contribution in [1.82, 2.24) is 0 Å². The Hall–Kier alpha value is -3.44. The molecule has 1 amide bonds. The van der Waals surface area contributed by atoms with E-state index in [0.717, 1.165) is 17.1 Å². The second kappa shape index (κ2) is 7.05. The number of carbonyl (C=O) groups is 2. The summed E-state index contributed by atoms with van der Waals surface area (Å²) in [4.78, 5) is 23.6. The maximum atomic E-state index is 12.5. The van der Waals surface area contributed by atoms with Crippen LogP contribution in [0.1, 0.15) is 0 Å². The highest BCUT2D eigenvalue weighted by Crippen LogP contribution is 2.24. The van der Waals surface area contributed by atoms with Crippen molar-refractivity contribution in [3.8, 4) is 0 Å². The normalized spacial score (nSPS) is 17.4. The summed E-state index contributed by atoms with van der Waals surface area (Å²) < 4.78 is 31.0. The molecule has 0 saturated carbocycles. The van der Waals surface area contributed by atoms with Gasteiger partial charge in [-0.3, -0.25) is 9.35 Å². The van der Waals surface area contributed by atoms with Crippen LogP contribution in [0.2, 0.25) is 0 Å². The van der Waals surface area contributed by atoms with Gasteiger partial charge in [0.2, 0.25) is 6.04 Å². The number of carboxylic acid groups (broad SMARTS) is 1. The van der Waals surface area contributed by atoms with Gasteiger partial charge in [0.15, 0.2) is 5.71 Å². The minimum Gasteiger partial charge on any atom is -0.477 e. The van der Waals surface area contributed by atoms with Crippen molar-refractivity contribution in [2.75, 3.05) is 5.01 Å². The summed E-state index contributed by atoms with van der Waals surface area (Å²) in [5.41, 5.74) is 0.0664. The van der Waals surface area contributed by atoms with E-state index in [1.54, 1.807) is 30.3 Å². The maximum absolute atomic E-state index is 12.5. The number of amides is 1. The van der Waals surface area contributed by atoms with E-state index in [2.05, 4.69) is 15.3 Å². The average Bonchev–Trinajstić information content (AvgIpc) is 2.97. The molecule has 0 saturated heterocycles. The zero-order valence-corrected chi connectivity index (χ0v) is 14.3. The molecule has 0 bridgehead atoms. The molecule has 2 aromatic rings. The Kier molecular flexibility index (Phi) is 4.79. The first kappa shape index (κ1) is 18.4. The van der Waals surface area contributed by atoms with E-state index in [0.29, 0.717) is 5.69 Å². The van der Waals surface area contributed by atoms with Gasteiger partial charge in [-0.05, 0) is 36.4 Å². The molecule has 11 heteroatoms. The number of hydrogen-bond acceptors (Lipinski definition) is 7. The number of azo groups is 1. The molecular weight excluding hydrogens is 376 g/mol. The molecule has 1 aliphatic heterocycles. The standard InChI is InChI=1S/C16H12N4O6S/c21-15-13(18-17-10-6-8-12(9-7-10)27(24,25)26)14(16(22)23)19-20(15)11-4-2-1-3-5-11/h1-9,13H,(H,22,23)(H,24,25,26)/b18-17+. The minimum atomic E-state index is -4.35. The van der Waals surface area contributed by atoms with E-state index in [-0.39, 0.29) is 10.6 Å². The number of para-hydroxylation sites is 1. The van der Waals surface area contributed by atoms with Crippen molar-refractivity contribution in [3.05, 3.63) is 54.6 Å². The predicted molar refractivity (Wildman–Crippen MR) is 93.6 cm³/mol. The van der Waals surface area contributed by atoms with Crippen LogP contribution in [0.4, 0.5) is 11.4 Å². The Labute approximate surface area is 153 Å². The first-order chi connectivity index (χ1) is 12.8. The van der Waals surface area contributed by atoms with Gasteiger partial charge < -0.3 is 5.11 Å². The van der Waals surface area contributed by atoms with Crippen LogP contribution in [0.25, 0.3) is 0 Å². The summed E-state index contributed by atoms with van der Waals surface area (Å²) in [6, 6.07) is 11.5. The summed E-state index contributed by atoms with van der Waals surface area (Å²) in [6.07, 6.45) is 0. The van der Waals surface area contributed by atoms with Crippen LogP contribution in [0.3, 0.4) is 0 Å². The summed E-state index contributed by atoms with van der Waals surface area (Å²) in [5.74, 6) is -2.09. The fraction of sp³-hybridized carbons (Fsp3) is 0.0625. The predicted octanol–water partition coefficient (Wildman–Crippen LogP) is 1.87. The third-order valence-corrected chi connectivity index (χ3v) is 4.42. The SMILES string of the molecule is O=C(O)C1=NN(c2ccccc2)C(=O)C1/N=N/c1ccc(S(=O)(=O)O)cc1. The van der Waals surface area contributed by atoms with Crippen molar-refractivity contribution in [2.24, 2.45) is 15.3 Å². The first-order valence-electron chi connectivity index (χ1n) is 7.46. The Morgan fingerprint density at radius 1 is 1.07 bits per heavy atom. The maximum Gasteiger partial charge on any atom is 0.355 e. The molecule has 2 aromatic carbocycles. The van der Waals surface area contributed by atoms with Crippen LogP contribution in [-0.4, -0.2) is 41.7 Å². The van der Waals surface area contributed by atoms with Crippen molar-refractivity contribution in [2.45, 2.75) is 10.9 Å². The van der Waals surface area contributed by atoms with Gasteiger partial charge in [-0.1, -0.05) is 18.2 Å².